The van der Waals surface area contributed by atoms with Gasteiger partial charge in [0.15, 0.2) is 0 Å². The van der Waals surface area contributed by atoms with E-state index in [0.29, 0.717) is 24.5 Å². The number of likely N-dealkylation sites (tertiary alicyclic amines) is 1. The van der Waals surface area contributed by atoms with Gasteiger partial charge in [-0.05, 0) is 64.8 Å². The molecule has 1 N–H and O–H groups in total. The van der Waals surface area contributed by atoms with Crippen LogP contribution in [0.1, 0.15) is 57.2 Å². The Hall–Kier alpha value is -1.85. The quantitative estimate of drug-likeness (QED) is 0.820. The van der Waals surface area contributed by atoms with Crippen molar-refractivity contribution in [3.63, 3.8) is 0 Å². The number of aliphatic hydroxyl groups excluding tert-OH is 1. The first-order chi connectivity index (χ1) is 13.3. The van der Waals surface area contributed by atoms with Crippen LogP contribution in [-0.2, 0) is 16.0 Å². The molecule has 1 aromatic heterocycles. The highest BCUT2D eigenvalue weighted by Gasteiger charge is 2.42. The summed E-state index contributed by atoms with van der Waals surface area (Å²) in [6.07, 6.45) is 3.04. The second-order valence-corrected chi connectivity index (χ2v) is 9.03. The molecule has 5 atom stereocenters. The van der Waals surface area contributed by atoms with Crippen LogP contribution in [0.15, 0.2) is 24.4 Å². The zero-order valence-electron chi connectivity index (χ0n) is 17.6. The molecule has 5 heteroatoms. The number of carbonyl (C=O) groups excluding carboxylic acids is 1. The van der Waals surface area contributed by atoms with Gasteiger partial charge in [-0.25, -0.2) is 0 Å². The summed E-state index contributed by atoms with van der Waals surface area (Å²) in [5.74, 6) is -0.00904. The maximum atomic E-state index is 12.8. The summed E-state index contributed by atoms with van der Waals surface area (Å²) < 4.78 is 7.91. The van der Waals surface area contributed by atoms with Crippen LogP contribution in [0, 0.1) is 5.92 Å². The molecule has 1 fully saturated rings. The first kappa shape index (κ1) is 19.5. The second-order valence-electron chi connectivity index (χ2n) is 9.03. The van der Waals surface area contributed by atoms with E-state index in [2.05, 4.69) is 54.8 Å². The van der Waals surface area contributed by atoms with Gasteiger partial charge < -0.3 is 19.3 Å². The standard InChI is InChI=1S/C23H32N2O3/c1-13(2)25-12-16-10-21-19(18-7-6-8-20(25)22(16)18)9-17(11-24(21)5)23(27)28-15(4)14(3)26/h6-8,12-15,17,19,21,26H,9-11H2,1-5H3/t14?,15?,17?,19-,21-/m1/s1. The Morgan fingerprint density at radius 3 is 2.68 bits per heavy atom. The van der Waals surface area contributed by atoms with Crippen molar-refractivity contribution in [2.45, 2.75) is 70.7 Å². The molecule has 5 nitrogen and oxygen atoms in total. The SMILES string of the molecule is CC(O)C(C)OC(=O)C1C[C@@H]2c3cccc4c3c(cn4C(C)C)C[C@H]2N(C)C1. The molecular weight excluding hydrogens is 352 g/mol. The normalized spacial score (nSPS) is 26.9. The van der Waals surface area contributed by atoms with Gasteiger partial charge in [-0.2, -0.15) is 0 Å². The summed E-state index contributed by atoms with van der Waals surface area (Å²) in [6.45, 7) is 8.57. The van der Waals surface area contributed by atoms with Gasteiger partial charge in [0.25, 0.3) is 0 Å². The van der Waals surface area contributed by atoms with E-state index in [9.17, 15) is 9.90 Å². The molecule has 2 heterocycles. The first-order valence-electron chi connectivity index (χ1n) is 10.5. The Balaban J connectivity index is 1.67. The highest BCUT2D eigenvalue weighted by atomic mass is 16.6. The van der Waals surface area contributed by atoms with Crippen LogP contribution in [0.3, 0.4) is 0 Å². The van der Waals surface area contributed by atoms with Gasteiger partial charge in [0.1, 0.15) is 6.10 Å². The van der Waals surface area contributed by atoms with E-state index in [4.69, 9.17) is 4.74 Å². The topological polar surface area (TPSA) is 54.7 Å². The lowest BCUT2D eigenvalue weighted by atomic mass is 9.72. The number of hydrogen-bond donors (Lipinski definition) is 1. The van der Waals surface area contributed by atoms with Crippen molar-refractivity contribution >= 4 is 16.9 Å². The van der Waals surface area contributed by atoms with Gasteiger partial charge in [0.05, 0.1) is 12.0 Å². The lowest BCUT2D eigenvalue weighted by molar-refractivity contribution is -0.160. The number of carbonyl (C=O) groups is 1. The van der Waals surface area contributed by atoms with Crippen LogP contribution in [0.5, 0.6) is 0 Å². The number of ether oxygens (including phenoxy) is 1. The van der Waals surface area contributed by atoms with Crippen LogP contribution in [-0.4, -0.2) is 52.4 Å². The number of esters is 1. The Labute approximate surface area is 167 Å². The van der Waals surface area contributed by atoms with Crippen LogP contribution in [0.2, 0.25) is 0 Å². The Kier molecular flexibility index (Phi) is 5.00. The maximum absolute atomic E-state index is 12.8. The highest BCUT2D eigenvalue weighted by Crippen LogP contribution is 2.45. The molecule has 1 aliphatic heterocycles. The number of aromatic nitrogens is 1. The minimum Gasteiger partial charge on any atom is -0.460 e. The molecule has 0 radical (unpaired) electrons. The summed E-state index contributed by atoms with van der Waals surface area (Å²) in [7, 11) is 2.12. The highest BCUT2D eigenvalue weighted by molar-refractivity contribution is 5.89. The summed E-state index contributed by atoms with van der Waals surface area (Å²) in [6, 6.07) is 7.45. The van der Waals surface area contributed by atoms with E-state index in [0.717, 1.165) is 12.8 Å². The molecule has 28 heavy (non-hydrogen) atoms. The van der Waals surface area contributed by atoms with Crippen molar-refractivity contribution in [3.05, 3.63) is 35.5 Å². The summed E-state index contributed by atoms with van der Waals surface area (Å²) >= 11 is 0. The van der Waals surface area contributed by atoms with E-state index in [1.165, 1.54) is 22.0 Å². The number of benzene rings is 1. The fourth-order valence-corrected chi connectivity index (χ4v) is 5.05. The van der Waals surface area contributed by atoms with Gasteiger partial charge in [0, 0.05) is 41.6 Å². The van der Waals surface area contributed by atoms with E-state index in [1.54, 1.807) is 13.8 Å². The predicted octanol–water partition coefficient (Wildman–Crippen LogP) is 3.49. The molecule has 2 aliphatic rings. The molecule has 0 amide bonds. The molecule has 1 aromatic carbocycles. The minimum absolute atomic E-state index is 0.156. The largest absolute Gasteiger partial charge is 0.460 e. The van der Waals surface area contributed by atoms with E-state index >= 15 is 0 Å². The molecule has 2 aromatic rings. The third-order valence-corrected chi connectivity index (χ3v) is 6.75. The number of nitrogens with zero attached hydrogens (tertiary/aromatic N) is 2. The molecule has 0 saturated carbocycles. The number of fused-ring (bicyclic) bond motifs is 2. The van der Waals surface area contributed by atoms with Crippen LogP contribution in [0.4, 0.5) is 0 Å². The van der Waals surface area contributed by atoms with Crippen molar-refractivity contribution in [2.24, 2.45) is 5.92 Å². The smallest absolute Gasteiger partial charge is 0.310 e. The van der Waals surface area contributed by atoms with Crippen molar-refractivity contribution < 1.29 is 14.6 Å². The zero-order chi connectivity index (χ0) is 20.2. The van der Waals surface area contributed by atoms with Crippen LogP contribution >= 0.6 is 0 Å². The molecular formula is C23H32N2O3. The lowest BCUT2D eigenvalue weighted by Gasteiger charge is -2.45. The summed E-state index contributed by atoms with van der Waals surface area (Å²) in [4.78, 5) is 15.1. The van der Waals surface area contributed by atoms with Crippen molar-refractivity contribution in [3.8, 4) is 0 Å². The zero-order valence-corrected chi connectivity index (χ0v) is 17.6. The van der Waals surface area contributed by atoms with Crippen LogP contribution in [0.25, 0.3) is 10.9 Å². The first-order valence-corrected chi connectivity index (χ1v) is 10.5. The fraction of sp³-hybridized carbons (Fsp3) is 0.609. The summed E-state index contributed by atoms with van der Waals surface area (Å²) in [5.41, 5.74) is 4.10. The average Bonchev–Trinajstić information content (AvgIpc) is 3.02. The molecule has 152 valence electrons. The third kappa shape index (κ3) is 3.15. The summed E-state index contributed by atoms with van der Waals surface area (Å²) in [5, 5.41) is 11.1. The number of aliphatic hydroxyl groups is 1. The third-order valence-electron chi connectivity index (χ3n) is 6.75. The monoisotopic (exact) mass is 384 g/mol. The van der Waals surface area contributed by atoms with Crippen LogP contribution < -0.4 is 0 Å². The molecule has 4 rings (SSSR count). The fourth-order valence-electron chi connectivity index (χ4n) is 5.05. The Bertz CT molecular complexity index is 885. The number of rotatable bonds is 4. The number of hydrogen-bond acceptors (Lipinski definition) is 4. The van der Waals surface area contributed by atoms with Gasteiger partial charge >= 0.3 is 5.97 Å². The maximum Gasteiger partial charge on any atom is 0.310 e. The van der Waals surface area contributed by atoms with Gasteiger partial charge in [-0.1, -0.05) is 12.1 Å². The van der Waals surface area contributed by atoms with E-state index in [-0.39, 0.29) is 11.9 Å². The number of piperidine rings is 1. The van der Waals surface area contributed by atoms with Crippen molar-refractivity contribution in [1.82, 2.24) is 9.47 Å². The predicted molar refractivity (Wildman–Crippen MR) is 111 cm³/mol. The number of likely N-dealkylation sites (N-methyl/N-ethyl adjacent to an activating group) is 1. The second kappa shape index (κ2) is 7.20. The molecule has 1 aliphatic carbocycles. The van der Waals surface area contributed by atoms with Gasteiger partial charge in [-0.15, -0.1) is 0 Å². The molecule has 3 unspecified atom stereocenters. The molecule has 0 spiro atoms. The van der Waals surface area contributed by atoms with E-state index < -0.39 is 12.2 Å². The Morgan fingerprint density at radius 2 is 2.00 bits per heavy atom. The molecule has 0 bridgehead atoms. The Morgan fingerprint density at radius 1 is 1.25 bits per heavy atom. The lowest BCUT2D eigenvalue weighted by Crippen LogP contribution is -2.50. The van der Waals surface area contributed by atoms with Gasteiger partial charge in [0.2, 0.25) is 0 Å². The van der Waals surface area contributed by atoms with Crippen molar-refractivity contribution in [2.75, 3.05) is 13.6 Å². The van der Waals surface area contributed by atoms with Gasteiger partial charge in [-0.3, -0.25) is 4.79 Å². The van der Waals surface area contributed by atoms with Crippen molar-refractivity contribution in [1.29, 1.82) is 0 Å². The minimum atomic E-state index is -0.653. The van der Waals surface area contributed by atoms with E-state index in [1.807, 2.05) is 0 Å². The molecule has 1 saturated heterocycles. The average molecular weight is 385 g/mol.